The number of H-pyrrole nitrogens is 1. The van der Waals surface area contributed by atoms with E-state index in [1.807, 2.05) is 29.3 Å². The zero-order valence-electron chi connectivity index (χ0n) is 19.8. The molecule has 35 heavy (non-hydrogen) atoms. The number of hydrogen-bond donors (Lipinski definition) is 1. The van der Waals surface area contributed by atoms with Crippen LogP contribution in [0, 0.1) is 0 Å². The minimum Gasteiger partial charge on any atom is -0.353 e. The number of carbonyl (C=O) groups is 1. The molecule has 4 heterocycles. The number of halogens is 2. The summed E-state index contributed by atoms with van der Waals surface area (Å²) >= 11 is 12.6. The number of nitrogens with one attached hydrogen (secondary N) is 1. The van der Waals surface area contributed by atoms with Gasteiger partial charge in [0.25, 0.3) is 5.91 Å². The van der Waals surface area contributed by atoms with E-state index in [9.17, 15) is 4.79 Å². The van der Waals surface area contributed by atoms with Crippen LogP contribution in [0.3, 0.4) is 0 Å². The molecule has 7 nitrogen and oxygen atoms in total. The summed E-state index contributed by atoms with van der Waals surface area (Å²) in [5.74, 6) is 1.70. The van der Waals surface area contributed by atoms with E-state index in [1.54, 1.807) is 24.5 Å². The molecule has 2 fully saturated rings. The van der Waals surface area contributed by atoms with E-state index in [-0.39, 0.29) is 5.91 Å². The maximum absolute atomic E-state index is 12.9. The standard InChI is InChI=1S/C26H30Cl2N6O/c1-2-21-17-33(25-23(28)15-19(16-31-25)24-29-9-10-30-24)13-14-34(21)22-7-11-32(12-8-22)26(35)18-3-5-20(27)6-4-18/h3-6,9-10,15-16,21-22H,2,7-8,11-14,17H2,1H3,(H,29,30)/t21-/m0/s1. The number of hydrogen-bond acceptors (Lipinski definition) is 5. The van der Waals surface area contributed by atoms with Crippen LogP contribution >= 0.6 is 23.2 Å². The number of anilines is 1. The van der Waals surface area contributed by atoms with Gasteiger partial charge >= 0.3 is 0 Å². The molecule has 1 N–H and O–H groups in total. The van der Waals surface area contributed by atoms with E-state index in [0.717, 1.165) is 69.2 Å². The van der Waals surface area contributed by atoms with Crippen molar-refractivity contribution >= 4 is 34.9 Å². The highest BCUT2D eigenvalue weighted by molar-refractivity contribution is 6.33. The van der Waals surface area contributed by atoms with E-state index < -0.39 is 0 Å². The molecule has 5 rings (SSSR count). The van der Waals surface area contributed by atoms with Gasteiger partial charge in [-0.15, -0.1) is 0 Å². The van der Waals surface area contributed by atoms with Crippen molar-refractivity contribution < 1.29 is 4.79 Å². The van der Waals surface area contributed by atoms with Crippen LogP contribution in [-0.2, 0) is 0 Å². The molecule has 2 aliphatic rings. The number of benzene rings is 1. The molecule has 1 aromatic carbocycles. The summed E-state index contributed by atoms with van der Waals surface area (Å²) in [5, 5.41) is 1.30. The molecule has 2 aromatic heterocycles. The molecule has 3 aromatic rings. The second-order valence-electron chi connectivity index (χ2n) is 9.24. The molecule has 9 heteroatoms. The number of amides is 1. The molecule has 0 saturated carbocycles. The number of nitrogens with zero attached hydrogens (tertiary/aromatic N) is 5. The Bertz CT molecular complexity index is 1150. The van der Waals surface area contributed by atoms with Gasteiger partial charge in [0, 0.05) is 79.5 Å². The van der Waals surface area contributed by atoms with Gasteiger partial charge in [-0.1, -0.05) is 30.1 Å². The van der Waals surface area contributed by atoms with Crippen LogP contribution < -0.4 is 4.90 Å². The molecule has 0 spiro atoms. The Morgan fingerprint density at radius 2 is 1.86 bits per heavy atom. The second kappa shape index (κ2) is 10.6. The molecular formula is C26H30Cl2N6O. The van der Waals surface area contributed by atoms with Crippen molar-refractivity contribution in [2.45, 2.75) is 38.3 Å². The number of imidazole rings is 1. The van der Waals surface area contributed by atoms with Gasteiger partial charge < -0.3 is 14.8 Å². The number of aromatic nitrogens is 3. The molecule has 2 saturated heterocycles. The molecule has 0 aliphatic carbocycles. The number of aromatic amines is 1. The highest BCUT2D eigenvalue weighted by Gasteiger charge is 2.34. The lowest BCUT2D eigenvalue weighted by Crippen LogP contribution is -2.58. The highest BCUT2D eigenvalue weighted by Crippen LogP contribution is 2.31. The number of pyridine rings is 1. The van der Waals surface area contributed by atoms with E-state index in [2.05, 4.69) is 26.7 Å². The molecule has 0 unspecified atom stereocenters. The molecule has 1 amide bonds. The molecule has 1 atom stereocenters. The lowest BCUT2D eigenvalue weighted by atomic mass is 9.97. The van der Waals surface area contributed by atoms with Gasteiger partial charge in [0.15, 0.2) is 0 Å². The summed E-state index contributed by atoms with van der Waals surface area (Å²) in [5.41, 5.74) is 1.59. The summed E-state index contributed by atoms with van der Waals surface area (Å²) in [6.45, 7) is 6.55. The first-order chi connectivity index (χ1) is 17.0. The van der Waals surface area contributed by atoms with Crippen molar-refractivity contribution in [1.29, 1.82) is 0 Å². The smallest absolute Gasteiger partial charge is 0.253 e. The van der Waals surface area contributed by atoms with Gasteiger partial charge in [0.2, 0.25) is 0 Å². The average molecular weight is 513 g/mol. The van der Waals surface area contributed by atoms with E-state index in [4.69, 9.17) is 28.2 Å². The van der Waals surface area contributed by atoms with Crippen LogP contribution in [0.25, 0.3) is 11.4 Å². The summed E-state index contributed by atoms with van der Waals surface area (Å²) in [7, 11) is 0. The van der Waals surface area contributed by atoms with Crippen molar-refractivity contribution in [3.63, 3.8) is 0 Å². The van der Waals surface area contributed by atoms with E-state index in [1.165, 1.54) is 0 Å². The Balaban J connectivity index is 1.20. The summed E-state index contributed by atoms with van der Waals surface area (Å²) in [4.78, 5) is 31.9. The van der Waals surface area contributed by atoms with E-state index in [0.29, 0.717) is 27.7 Å². The van der Waals surface area contributed by atoms with Gasteiger partial charge in [-0.05, 0) is 49.6 Å². The number of piperidine rings is 1. The number of piperazine rings is 1. The molecular weight excluding hydrogens is 483 g/mol. The van der Waals surface area contributed by atoms with Crippen molar-refractivity contribution in [1.82, 2.24) is 24.8 Å². The first kappa shape index (κ1) is 24.1. The predicted octanol–water partition coefficient (Wildman–Crippen LogP) is 4.98. The third-order valence-corrected chi connectivity index (χ3v) is 7.73. The highest BCUT2D eigenvalue weighted by atomic mass is 35.5. The van der Waals surface area contributed by atoms with Crippen molar-refractivity contribution in [2.75, 3.05) is 37.6 Å². The third-order valence-electron chi connectivity index (χ3n) is 7.20. The Morgan fingerprint density at radius 1 is 1.09 bits per heavy atom. The Hall–Kier alpha value is -2.61. The monoisotopic (exact) mass is 512 g/mol. The Morgan fingerprint density at radius 3 is 2.51 bits per heavy atom. The Labute approximate surface area is 216 Å². The number of rotatable bonds is 5. The van der Waals surface area contributed by atoms with Gasteiger partial charge in [-0.25, -0.2) is 9.97 Å². The normalized spacial score (nSPS) is 19.8. The van der Waals surface area contributed by atoms with Gasteiger partial charge in [0.05, 0.1) is 5.02 Å². The fraction of sp³-hybridized carbons (Fsp3) is 0.423. The number of likely N-dealkylation sites (tertiary alicyclic amines) is 1. The fourth-order valence-corrected chi connectivity index (χ4v) is 5.71. The van der Waals surface area contributed by atoms with Crippen molar-refractivity contribution in [3.8, 4) is 11.4 Å². The topological polar surface area (TPSA) is 68.4 Å². The molecule has 0 bridgehead atoms. The third kappa shape index (κ3) is 5.17. The fourth-order valence-electron chi connectivity index (χ4n) is 5.30. The van der Waals surface area contributed by atoms with Crippen molar-refractivity contribution in [2.24, 2.45) is 0 Å². The lowest BCUT2D eigenvalue weighted by molar-refractivity contribution is 0.0491. The van der Waals surface area contributed by atoms with Crippen LogP contribution in [0.5, 0.6) is 0 Å². The van der Waals surface area contributed by atoms with Gasteiger partial charge in [-0.2, -0.15) is 0 Å². The zero-order valence-corrected chi connectivity index (χ0v) is 21.3. The summed E-state index contributed by atoms with van der Waals surface area (Å²) in [6.07, 6.45) is 8.39. The number of carbonyl (C=O) groups excluding carboxylic acids is 1. The van der Waals surface area contributed by atoms with Gasteiger partial charge in [-0.3, -0.25) is 9.69 Å². The first-order valence-electron chi connectivity index (χ1n) is 12.2. The van der Waals surface area contributed by atoms with Gasteiger partial charge in [0.1, 0.15) is 11.6 Å². The van der Waals surface area contributed by atoms with Crippen molar-refractivity contribution in [3.05, 3.63) is 64.5 Å². The second-order valence-corrected chi connectivity index (χ2v) is 10.1. The summed E-state index contributed by atoms with van der Waals surface area (Å²) in [6, 6.07) is 10.0. The molecule has 2 aliphatic heterocycles. The van der Waals surface area contributed by atoms with Crippen LogP contribution in [-0.4, -0.2) is 75.5 Å². The molecule has 0 radical (unpaired) electrons. The molecule has 184 valence electrons. The largest absolute Gasteiger partial charge is 0.353 e. The predicted molar refractivity (Wildman–Crippen MR) is 140 cm³/mol. The van der Waals surface area contributed by atoms with E-state index >= 15 is 0 Å². The van der Waals surface area contributed by atoms with Crippen LogP contribution in [0.1, 0.15) is 36.5 Å². The minimum absolute atomic E-state index is 0.0932. The maximum atomic E-state index is 12.9. The van der Waals surface area contributed by atoms with Crippen LogP contribution in [0.2, 0.25) is 10.0 Å². The minimum atomic E-state index is 0.0932. The maximum Gasteiger partial charge on any atom is 0.253 e. The van der Waals surface area contributed by atoms with Crippen LogP contribution in [0.15, 0.2) is 48.9 Å². The quantitative estimate of drug-likeness (QED) is 0.521. The lowest BCUT2D eigenvalue weighted by Gasteiger charge is -2.47. The average Bonchev–Trinajstić information content (AvgIpc) is 3.44. The zero-order chi connectivity index (χ0) is 24.4. The summed E-state index contributed by atoms with van der Waals surface area (Å²) < 4.78 is 0. The Kier molecular flexibility index (Phi) is 7.27. The SMILES string of the molecule is CC[C@H]1CN(c2ncc(-c3ncc[nH]3)cc2Cl)CCN1C1CCN(C(=O)c2ccc(Cl)cc2)CC1. The first-order valence-corrected chi connectivity index (χ1v) is 13.0. The van der Waals surface area contributed by atoms with Crippen LogP contribution in [0.4, 0.5) is 5.82 Å².